The molecule has 2 saturated heterocycles. The lowest BCUT2D eigenvalue weighted by Crippen LogP contribution is -2.69. The van der Waals surface area contributed by atoms with E-state index in [4.69, 9.17) is 4.74 Å². The number of carbonyl (C=O) groups excluding carboxylic acids is 2. The highest BCUT2D eigenvalue weighted by atomic mass is 32.2. The second-order valence-corrected chi connectivity index (χ2v) is 9.49. The van der Waals surface area contributed by atoms with Crippen molar-refractivity contribution in [3.63, 3.8) is 0 Å². The van der Waals surface area contributed by atoms with Crippen molar-refractivity contribution in [2.45, 2.75) is 75.5 Å². The third-order valence-corrected chi connectivity index (χ3v) is 7.26. The molecule has 1 spiro atoms. The number of hydrogen-bond acceptors (Lipinski definition) is 5. The van der Waals surface area contributed by atoms with Crippen LogP contribution in [0.3, 0.4) is 0 Å². The number of nitrogens with zero attached hydrogens (tertiary/aromatic N) is 1. The van der Waals surface area contributed by atoms with E-state index in [1.807, 2.05) is 18.1 Å². The maximum Gasteiger partial charge on any atom is 0.232 e. The number of ether oxygens (including phenoxy) is 1. The molecule has 2 atom stereocenters. The minimum atomic E-state index is -0.760. The lowest BCUT2D eigenvalue weighted by Gasteiger charge is -2.53. The molecule has 0 bridgehead atoms. The largest absolute Gasteiger partial charge is 0.388 e. The molecule has 27 heavy (non-hydrogen) atoms. The highest BCUT2D eigenvalue weighted by molar-refractivity contribution is 7.99. The Morgan fingerprint density at radius 1 is 1.19 bits per heavy atom. The zero-order valence-electron chi connectivity index (χ0n) is 16.7. The zero-order valence-corrected chi connectivity index (χ0v) is 17.5. The van der Waals surface area contributed by atoms with Gasteiger partial charge in [0.1, 0.15) is 6.10 Å². The molecule has 1 saturated carbocycles. The fraction of sp³-hybridized carbons (Fsp3) is 0.900. The highest BCUT2D eigenvalue weighted by Crippen LogP contribution is 2.40. The van der Waals surface area contributed by atoms with Gasteiger partial charge < -0.3 is 20.1 Å². The van der Waals surface area contributed by atoms with E-state index >= 15 is 0 Å². The fourth-order valence-corrected chi connectivity index (χ4v) is 5.34. The monoisotopic (exact) mass is 398 g/mol. The summed E-state index contributed by atoms with van der Waals surface area (Å²) in [5.41, 5.74) is -1.33. The van der Waals surface area contributed by atoms with Crippen molar-refractivity contribution < 1.29 is 19.4 Å². The predicted octanol–water partition coefficient (Wildman–Crippen LogP) is 1.95. The number of piperidine rings is 1. The number of nitrogens with one attached hydrogen (secondary N) is 1. The van der Waals surface area contributed by atoms with Gasteiger partial charge in [-0.05, 0) is 45.3 Å². The normalized spacial score (nSPS) is 31.7. The van der Waals surface area contributed by atoms with E-state index in [1.54, 1.807) is 0 Å². The van der Waals surface area contributed by atoms with Crippen LogP contribution in [0.1, 0.15) is 58.3 Å². The molecule has 2 aliphatic heterocycles. The van der Waals surface area contributed by atoms with Gasteiger partial charge in [-0.2, -0.15) is 11.8 Å². The predicted molar refractivity (Wildman–Crippen MR) is 107 cm³/mol. The molecule has 0 aromatic rings. The Morgan fingerprint density at radius 3 is 2.48 bits per heavy atom. The van der Waals surface area contributed by atoms with Crippen LogP contribution < -0.4 is 5.32 Å². The number of likely N-dealkylation sites (tertiary alicyclic amines) is 1. The molecule has 0 aromatic carbocycles. The van der Waals surface area contributed by atoms with Gasteiger partial charge >= 0.3 is 0 Å². The number of hydrogen-bond donors (Lipinski definition) is 2. The standard InChI is InChI=1S/C20H34N2O4S/c1-19(21-17(24)15-6-4-3-5-7-15)10-13-26-20(18(19)25)8-11-22(12-9-20)16(23)14-27-2/h15,18,25H,3-14H2,1-2H3,(H,21,24)/t18?,19-/m1/s1. The van der Waals surface area contributed by atoms with Gasteiger partial charge in [0, 0.05) is 25.6 Å². The SMILES string of the molecule is CSCC(=O)N1CCC2(CC1)OCC[C@@](C)(NC(=O)C1CCCCC1)C2O. The molecular formula is C20H34N2O4S. The van der Waals surface area contributed by atoms with Gasteiger partial charge in [0.25, 0.3) is 0 Å². The lowest BCUT2D eigenvalue weighted by atomic mass is 9.72. The number of carbonyl (C=O) groups is 2. The van der Waals surface area contributed by atoms with Crippen molar-refractivity contribution >= 4 is 23.6 Å². The third-order valence-electron chi connectivity index (χ3n) is 6.73. The third kappa shape index (κ3) is 4.46. The zero-order chi connectivity index (χ0) is 19.5. The summed E-state index contributed by atoms with van der Waals surface area (Å²) in [5, 5.41) is 14.4. The summed E-state index contributed by atoms with van der Waals surface area (Å²) >= 11 is 1.53. The fourth-order valence-electron chi connectivity index (χ4n) is 4.91. The quantitative estimate of drug-likeness (QED) is 0.757. The van der Waals surface area contributed by atoms with E-state index in [1.165, 1.54) is 18.2 Å². The second-order valence-electron chi connectivity index (χ2n) is 8.62. The van der Waals surface area contributed by atoms with Crippen molar-refractivity contribution in [1.82, 2.24) is 10.2 Å². The average molecular weight is 399 g/mol. The topological polar surface area (TPSA) is 78.9 Å². The van der Waals surface area contributed by atoms with Crippen LogP contribution in [0.25, 0.3) is 0 Å². The van der Waals surface area contributed by atoms with E-state index in [9.17, 15) is 14.7 Å². The molecular weight excluding hydrogens is 364 g/mol. The average Bonchev–Trinajstić information content (AvgIpc) is 2.68. The van der Waals surface area contributed by atoms with Gasteiger partial charge in [-0.25, -0.2) is 0 Å². The minimum Gasteiger partial charge on any atom is -0.388 e. The van der Waals surface area contributed by atoms with Crippen LogP contribution in [0.4, 0.5) is 0 Å². The van der Waals surface area contributed by atoms with Crippen LogP contribution in [-0.4, -0.2) is 70.8 Å². The van der Waals surface area contributed by atoms with Crippen LogP contribution >= 0.6 is 11.8 Å². The molecule has 154 valence electrons. The Balaban J connectivity index is 1.63. The van der Waals surface area contributed by atoms with E-state index in [2.05, 4.69) is 5.32 Å². The molecule has 6 nitrogen and oxygen atoms in total. The molecule has 1 aliphatic carbocycles. The summed E-state index contributed by atoms with van der Waals surface area (Å²) < 4.78 is 6.08. The molecule has 2 N–H and O–H groups in total. The van der Waals surface area contributed by atoms with Crippen LogP contribution in [0.2, 0.25) is 0 Å². The molecule has 3 rings (SSSR count). The first-order chi connectivity index (χ1) is 12.9. The van der Waals surface area contributed by atoms with Crippen LogP contribution in [0.5, 0.6) is 0 Å². The number of rotatable bonds is 4. The summed E-state index contributed by atoms with van der Waals surface area (Å²) in [6.07, 6.45) is 8.36. The molecule has 2 heterocycles. The first-order valence-corrected chi connectivity index (χ1v) is 11.7. The smallest absolute Gasteiger partial charge is 0.232 e. The summed E-state index contributed by atoms with van der Waals surface area (Å²) in [5.74, 6) is 0.801. The van der Waals surface area contributed by atoms with Crippen LogP contribution in [-0.2, 0) is 14.3 Å². The maximum atomic E-state index is 12.8. The molecule has 3 fully saturated rings. The van der Waals surface area contributed by atoms with Gasteiger partial charge in [-0.15, -0.1) is 0 Å². The molecule has 3 aliphatic rings. The Bertz CT molecular complexity index is 544. The van der Waals surface area contributed by atoms with Gasteiger partial charge in [0.05, 0.1) is 16.9 Å². The summed E-state index contributed by atoms with van der Waals surface area (Å²) in [6, 6.07) is 0. The van der Waals surface area contributed by atoms with E-state index in [0.717, 1.165) is 25.7 Å². The number of aliphatic hydroxyl groups excluding tert-OH is 1. The number of thioether (sulfide) groups is 1. The summed E-state index contributed by atoms with van der Waals surface area (Å²) in [7, 11) is 0. The molecule has 0 radical (unpaired) electrons. The first-order valence-electron chi connectivity index (χ1n) is 10.3. The number of amides is 2. The second kappa shape index (κ2) is 8.70. The molecule has 2 amide bonds. The maximum absolute atomic E-state index is 12.8. The van der Waals surface area contributed by atoms with Gasteiger partial charge in [-0.1, -0.05) is 19.3 Å². The van der Waals surface area contributed by atoms with Crippen molar-refractivity contribution in [2.24, 2.45) is 5.92 Å². The lowest BCUT2D eigenvalue weighted by molar-refractivity contribution is -0.208. The van der Waals surface area contributed by atoms with Crippen molar-refractivity contribution in [3.8, 4) is 0 Å². The van der Waals surface area contributed by atoms with Crippen LogP contribution in [0.15, 0.2) is 0 Å². The van der Waals surface area contributed by atoms with Gasteiger partial charge in [0.15, 0.2) is 0 Å². The Morgan fingerprint density at radius 2 is 1.85 bits per heavy atom. The van der Waals surface area contributed by atoms with E-state index in [-0.39, 0.29) is 17.7 Å². The van der Waals surface area contributed by atoms with Gasteiger partial charge in [-0.3, -0.25) is 9.59 Å². The Kier molecular flexibility index (Phi) is 6.75. The van der Waals surface area contributed by atoms with Crippen molar-refractivity contribution in [1.29, 1.82) is 0 Å². The molecule has 0 aromatic heterocycles. The summed E-state index contributed by atoms with van der Waals surface area (Å²) in [6.45, 7) is 3.68. The summed E-state index contributed by atoms with van der Waals surface area (Å²) in [4.78, 5) is 26.8. The molecule has 1 unspecified atom stereocenters. The van der Waals surface area contributed by atoms with Gasteiger partial charge in [0.2, 0.25) is 11.8 Å². The van der Waals surface area contributed by atoms with Crippen molar-refractivity contribution in [2.75, 3.05) is 31.7 Å². The minimum absolute atomic E-state index is 0.0765. The highest BCUT2D eigenvalue weighted by Gasteiger charge is 2.54. The Labute approximate surface area is 166 Å². The number of aliphatic hydroxyl groups is 1. The first kappa shape index (κ1) is 20.9. The van der Waals surface area contributed by atoms with E-state index in [0.29, 0.717) is 44.7 Å². The van der Waals surface area contributed by atoms with E-state index < -0.39 is 17.2 Å². The Hall–Kier alpha value is -0.790. The molecule has 7 heteroatoms. The van der Waals surface area contributed by atoms with Crippen molar-refractivity contribution in [3.05, 3.63) is 0 Å². The van der Waals surface area contributed by atoms with Crippen LogP contribution in [0, 0.1) is 5.92 Å².